The molecule has 0 rings (SSSR count). The molecule has 0 aliphatic heterocycles. The monoisotopic (exact) mass is 400 g/mol. The molecular formula is C24H52O2Si. The van der Waals surface area contributed by atoms with Gasteiger partial charge in [0.05, 0.1) is 0 Å². The Morgan fingerprint density at radius 3 is 1.00 bits per heavy atom. The molecule has 0 heterocycles. The van der Waals surface area contributed by atoms with Crippen molar-refractivity contribution >= 4 is 8.56 Å². The Morgan fingerprint density at radius 1 is 0.407 bits per heavy atom. The maximum absolute atomic E-state index is 6.36. The second-order valence-corrected chi connectivity index (χ2v) is 12.1. The topological polar surface area (TPSA) is 18.5 Å². The van der Waals surface area contributed by atoms with Crippen LogP contribution in [0.25, 0.3) is 0 Å². The number of unbranched alkanes of at least 4 members (excludes halogenated alkanes) is 14. The van der Waals surface area contributed by atoms with Crippen LogP contribution in [0.5, 0.6) is 0 Å². The fourth-order valence-corrected chi connectivity index (χ4v) is 6.12. The maximum atomic E-state index is 6.36. The summed E-state index contributed by atoms with van der Waals surface area (Å²) in [6.45, 7) is 10.9. The second-order valence-electron chi connectivity index (χ2n) is 8.26. The number of hydrogen-bond acceptors (Lipinski definition) is 2. The summed E-state index contributed by atoms with van der Waals surface area (Å²) in [5.74, 6) is 0. The molecule has 0 aromatic carbocycles. The van der Waals surface area contributed by atoms with E-state index in [1.54, 1.807) is 0 Å². The Labute approximate surface area is 173 Å². The maximum Gasteiger partial charge on any atom is 0.337 e. The predicted molar refractivity (Wildman–Crippen MR) is 124 cm³/mol. The number of hydrogen-bond donors (Lipinski definition) is 0. The minimum atomic E-state index is -1.91. The summed E-state index contributed by atoms with van der Waals surface area (Å²) in [6, 6.07) is 2.19. The minimum Gasteiger partial charge on any atom is -0.394 e. The summed E-state index contributed by atoms with van der Waals surface area (Å²) >= 11 is 0. The lowest BCUT2D eigenvalue weighted by Gasteiger charge is -2.29. The third kappa shape index (κ3) is 16.8. The smallest absolute Gasteiger partial charge is 0.337 e. The highest BCUT2D eigenvalue weighted by atomic mass is 28.4. The van der Waals surface area contributed by atoms with E-state index in [0.717, 1.165) is 25.3 Å². The predicted octanol–water partition coefficient (Wildman–Crippen LogP) is 8.78. The molecule has 0 fully saturated rings. The second kappa shape index (κ2) is 20.9. The fourth-order valence-electron chi connectivity index (χ4n) is 3.69. The summed E-state index contributed by atoms with van der Waals surface area (Å²) in [7, 11) is -1.91. The van der Waals surface area contributed by atoms with Crippen LogP contribution in [0, 0.1) is 0 Å². The molecule has 2 nitrogen and oxygen atoms in total. The summed E-state index contributed by atoms with van der Waals surface area (Å²) in [4.78, 5) is 0. The molecule has 0 N–H and O–H groups in total. The number of rotatable bonds is 22. The van der Waals surface area contributed by atoms with Gasteiger partial charge >= 0.3 is 8.56 Å². The van der Waals surface area contributed by atoms with Gasteiger partial charge in [-0.05, 0) is 24.9 Å². The molecule has 3 heteroatoms. The highest BCUT2D eigenvalue weighted by Gasteiger charge is 2.33. The minimum absolute atomic E-state index is 0.915. The Hall–Kier alpha value is 0.137. The first-order valence-electron chi connectivity index (χ1n) is 12.5. The normalized spacial score (nSPS) is 12.0. The van der Waals surface area contributed by atoms with E-state index in [0.29, 0.717) is 0 Å². The Morgan fingerprint density at radius 2 is 0.704 bits per heavy atom. The molecule has 0 saturated heterocycles. The van der Waals surface area contributed by atoms with E-state index in [2.05, 4.69) is 27.7 Å². The van der Waals surface area contributed by atoms with Crippen molar-refractivity contribution in [2.75, 3.05) is 13.2 Å². The van der Waals surface area contributed by atoms with Crippen molar-refractivity contribution in [2.45, 2.75) is 143 Å². The van der Waals surface area contributed by atoms with Crippen LogP contribution < -0.4 is 0 Å². The molecule has 0 aliphatic rings. The van der Waals surface area contributed by atoms with Gasteiger partial charge in [0, 0.05) is 13.2 Å². The third-order valence-corrected chi connectivity index (χ3v) is 9.42. The van der Waals surface area contributed by atoms with Gasteiger partial charge in [0.15, 0.2) is 0 Å². The lowest BCUT2D eigenvalue weighted by molar-refractivity contribution is 0.163. The van der Waals surface area contributed by atoms with Crippen LogP contribution in [-0.2, 0) is 8.85 Å². The summed E-state index contributed by atoms with van der Waals surface area (Å²) in [5.41, 5.74) is 0. The van der Waals surface area contributed by atoms with Gasteiger partial charge in [0.25, 0.3) is 0 Å². The molecule has 27 heavy (non-hydrogen) atoms. The van der Waals surface area contributed by atoms with Crippen molar-refractivity contribution in [3.05, 3.63) is 0 Å². The molecule has 0 unspecified atom stereocenters. The standard InChI is InChI=1S/C24H52O2Si/c1-5-9-11-13-15-16-17-18-20-22-24-26-27(7-3,8-4)25-23-21-19-14-12-10-6-2/h5-24H2,1-4H3. The third-order valence-electron chi connectivity index (χ3n) is 5.80. The van der Waals surface area contributed by atoms with Crippen LogP contribution in [0.1, 0.15) is 130 Å². The summed E-state index contributed by atoms with van der Waals surface area (Å²) in [5, 5.41) is 0. The largest absolute Gasteiger partial charge is 0.394 e. The zero-order valence-electron chi connectivity index (χ0n) is 19.5. The van der Waals surface area contributed by atoms with Crippen molar-refractivity contribution in [2.24, 2.45) is 0 Å². The molecule has 0 spiro atoms. The Balaban J connectivity index is 3.64. The van der Waals surface area contributed by atoms with Gasteiger partial charge in [-0.2, -0.15) is 0 Å². The van der Waals surface area contributed by atoms with Gasteiger partial charge in [-0.3, -0.25) is 0 Å². The van der Waals surface area contributed by atoms with Crippen LogP contribution in [0.2, 0.25) is 12.1 Å². The van der Waals surface area contributed by atoms with Crippen LogP contribution in [0.4, 0.5) is 0 Å². The van der Waals surface area contributed by atoms with Crippen molar-refractivity contribution in [3.8, 4) is 0 Å². The van der Waals surface area contributed by atoms with Crippen LogP contribution in [-0.4, -0.2) is 21.8 Å². The van der Waals surface area contributed by atoms with Gasteiger partial charge in [-0.1, -0.05) is 118 Å². The fraction of sp³-hybridized carbons (Fsp3) is 1.00. The van der Waals surface area contributed by atoms with Crippen molar-refractivity contribution in [3.63, 3.8) is 0 Å². The quantitative estimate of drug-likeness (QED) is 0.133. The zero-order valence-corrected chi connectivity index (χ0v) is 20.5. The SMILES string of the molecule is CCCCCCCCCCCCO[Si](CC)(CC)OCCCCCCCC. The zero-order chi connectivity index (χ0) is 20.1. The molecule has 0 aromatic rings. The Kier molecular flexibility index (Phi) is 21.0. The van der Waals surface area contributed by atoms with Gasteiger partial charge in [-0.25, -0.2) is 0 Å². The van der Waals surface area contributed by atoms with Gasteiger partial charge in [0.2, 0.25) is 0 Å². The molecule has 0 aromatic heterocycles. The first kappa shape index (κ1) is 27.1. The van der Waals surface area contributed by atoms with Gasteiger partial charge < -0.3 is 8.85 Å². The molecule has 0 aliphatic carbocycles. The van der Waals surface area contributed by atoms with Crippen LogP contribution >= 0.6 is 0 Å². The van der Waals surface area contributed by atoms with E-state index in [-0.39, 0.29) is 0 Å². The molecule has 164 valence electrons. The van der Waals surface area contributed by atoms with E-state index in [4.69, 9.17) is 8.85 Å². The summed E-state index contributed by atoms with van der Waals surface area (Å²) < 4.78 is 12.7. The first-order valence-corrected chi connectivity index (χ1v) is 14.8. The lowest BCUT2D eigenvalue weighted by Crippen LogP contribution is -2.41. The highest BCUT2D eigenvalue weighted by Crippen LogP contribution is 2.20. The Bertz CT molecular complexity index is 280. The molecule has 0 saturated carbocycles. The highest BCUT2D eigenvalue weighted by molar-refractivity contribution is 6.67. The average Bonchev–Trinajstić information content (AvgIpc) is 2.70. The summed E-state index contributed by atoms with van der Waals surface area (Å²) in [6.07, 6.45) is 21.8. The van der Waals surface area contributed by atoms with E-state index < -0.39 is 8.56 Å². The van der Waals surface area contributed by atoms with Crippen LogP contribution in [0.3, 0.4) is 0 Å². The van der Waals surface area contributed by atoms with Gasteiger partial charge in [-0.15, -0.1) is 0 Å². The lowest BCUT2D eigenvalue weighted by atomic mass is 10.1. The average molecular weight is 401 g/mol. The molecule has 0 atom stereocenters. The molecule has 0 bridgehead atoms. The van der Waals surface area contributed by atoms with E-state index in [1.165, 1.54) is 103 Å². The van der Waals surface area contributed by atoms with Crippen LogP contribution in [0.15, 0.2) is 0 Å². The first-order chi connectivity index (χ1) is 13.2. The van der Waals surface area contributed by atoms with Crippen molar-refractivity contribution in [1.82, 2.24) is 0 Å². The van der Waals surface area contributed by atoms with E-state index >= 15 is 0 Å². The molecule has 0 amide bonds. The molecular weight excluding hydrogens is 348 g/mol. The van der Waals surface area contributed by atoms with E-state index in [9.17, 15) is 0 Å². The van der Waals surface area contributed by atoms with Crippen molar-refractivity contribution < 1.29 is 8.85 Å². The van der Waals surface area contributed by atoms with E-state index in [1.807, 2.05) is 0 Å². The molecule has 0 radical (unpaired) electrons. The van der Waals surface area contributed by atoms with Crippen molar-refractivity contribution in [1.29, 1.82) is 0 Å². The van der Waals surface area contributed by atoms with Gasteiger partial charge in [0.1, 0.15) is 0 Å².